The SMILES string of the molecule is Cc1c(Cl)cccc1-c1ccc2c(c1)N(S(=O)(=O)c1cccc(C(F)(F)F)c1)CCC2. The second-order valence-electron chi connectivity index (χ2n) is 7.46. The van der Waals surface area contributed by atoms with Gasteiger partial charge in [0.15, 0.2) is 0 Å². The van der Waals surface area contributed by atoms with Gasteiger partial charge in [-0.25, -0.2) is 8.42 Å². The molecular weight excluding hydrogens is 447 g/mol. The molecule has 0 aliphatic carbocycles. The van der Waals surface area contributed by atoms with Crippen LogP contribution in [0.15, 0.2) is 65.6 Å². The molecule has 0 fully saturated rings. The first-order valence-corrected chi connectivity index (χ1v) is 11.5. The summed E-state index contributed by atoms with van der Waals surface area (Å²) in [6.07, 6.45) is -3.35. The summed E-state index contributed by atoms with van der Waals surface area (Å²) in [5, 5.41) is 0.601. The molecule has 0 unspecified atom stereocenters. The summed E-state index contributed by atoms with van der Waals surface area (Å²) in [4.78, 5) is -0.375. The number of nitrogens with zero attached hydrogens (tertiary/aromatic N) is 1. The van der Waals surface area contributed by atoms with E-state index in [0.717, 1.165) is 34.4 Å². The van der Waals surface area contributed by atoms with Gasteiger partial charge in [0.25, 0.3) is 10.0 Å². The van der Waals surface area contributed by atoms with E-state index in [1.807, 2.05) is 31.2 Å². The zero-order chi connectivity index (χ0) is 22.4. The van der Waals surface area contributed by atoms with Gasteiger partial charge in [0, 0.05) is 11.6 Å². The minimum absolute atomic E-state index is 0.198. The van der Waals surface area contributed by atoms with Crippen LogP contribution in [0.1, 0.15) is 23.1 Å². The second kappa shape index (κ2) is 7.88. The van der Waals surface area contributed by atoms with E-state index in [9.17, 15) is 21.6 Å². The van der Waals surface area contributed by atoms with Gasteiger partial charge in [0.1, 0.15) is 0 Å². The topological polar surface area (TPSA) is 37.4 Å². The number of alkyl halides is 3. The Hall–Kier alpha value is -2.51. The standard InChI is InChI=1S/C23H19ClF3NO2S/c1-15-20(8-3-9-21(15)24)17-11-10-16-5-4-12-28(22(16)13-17)31(29,30)19-7-2-6-18(14-19)23(25,26)27/h2-3,6-11,13-14H,4-5,12H2,1H3. The molecular formula is C23H19ClF3NO2S. The van der Waals surface area contributed by atoms with Crippen molar-refractivity contribution in [2.45, 2.75) is 30.8 Å². The van der Waals surface area contributed by atoms with E-state index >= 15 is 0 Å². The normalized spacial score (nSPS) is 14.4. The molecule has 3 nitrogen and oxygen atoms in total. The summed E-state index contributed by atoms with van der Waals surface area (Å²) in [6.45, 7) is 2.08. The largest absolute Gasteiger partial charge is 0.416 e. The van der Waals surface area contributed by atoms with E-state index in [2.05, 4.69) is 0 Å². The molecule has 1 aliphatic rings. The van der Waals surface area contributed by atoms with Crippen LogP contribution in [-0.4, -0.2) is 15.0 Å². The maximum atomic E-state index is 13.3. The number of sulfonamides is 1. The van der Waals surface area contributed by atoms with Crippen molar-refractivity contribution in [3.05, 3.63) is 82.4 Å². The Balaban J connectivity index is 1.82. The van der Waals surface area contributed by atoms with Crippen molar-refractivity contribution in [2.24, 2.45) is 0 Å². The molecule has 0 spiro atoms. The van der Waals surface area contributed by atoms with Crippen molar-refractivity contribution < 1.29 is 21.6 Å². The lowest BCUT2D eigenvalue weighted by Crippen LogP contribution is -2.35. The van der Waals surface area contributed by atoms with E-state index in [0.29, 0.717) is 29.6 Å². The molecule has 0 saturated carbocycles. The van der Waals surface area contributed by atoms with Gasteiger partial charge >= 0.3 is 6.18 Å². The first-order chi connectivity index (χ1) is 14.6. The molecule has 1 heterocycles. The van der Waals surface area contributed by atoms with Gasteiger partial charge in [-0.05, 0) is 72.4 Å². The van der Waals surface area contributed by atoms with Gasteiger partial charge in [-0.3, -0.25) is 4.31 Å². The molecule has 8 heteroatoms. The molecule has 162 valence electrons. The number of hydrogen-bond acceptors (Lipinski definition) is 2. The predicted molar refractivity (Wildman–Crippen MR) is 116 cm³/mol. The van der Waals surface area contributed by atoms with Crippen LogP contribution in [0.3, 0.4) is 0 Å². The fourth-order valence-electron chi connectivity index (χ4n) is 3.84. The molecule has 0 atom stereocenters. The summed E-state index contributed by atoms with van der Waals surface area (Å²) in [6, 6.07) is 14.9. The van der Waals surface area contributed by atoms with E-state index in [1.165, 1.54) is 10.4 Å². The lowest BCUT2D eigenvalue weighted by Gasteiger charge is -2.31. The summed E-state index contributed by atoms with van der Waals surface area (Å²) in [5.74, 6) is 0. The number of rotatable bonds is 3. The summed E-state index contributed by atoms with van der Waals surface area (Å²) in [5.41, 5.74) is 2.87. The number of hydrogen-bond donors (Lipinski definition) is 0. The molecule has 31 heavy (non-hydrogen) atoms. The highest BCUT2D eigenvalue weighted by Crippen LogP contribution is 2.38. The van der Waals surface area contributed by atoms with E-state index < -0.39 is 21.8 Å². The van der Waals surface area contributed by atoms with Crippen molar-refractivity contribution >= 4 is 27.3 Å². The molecule has 0 aromatic heterocycles. The zero-order valence-corrected chi connectivity index (χ0v) is 18.2. The highest BCUT2D eigenvalue weighted by molar-refractivity contribution is 7.92. The maximum Gasteiger partial charge on any atom is 0.416 e. The molecule has 0 saturated heterocycles. The van der Waals surface area contributed by atoms with Gasteiger partial charge in [-0.2, -0.15) is 13.2 Å². The van der Waals surface area contributed by atoms with E-state index in [-0.39, 0.29) is 11.4 Å². The summed E-state index contributed by atoms with van der Waals surface area (Å²) >= 11 is 6.24. The Morgan fingerprint density at radius 1 is 1.00 bits per heavy atom. The maximum absolute atomic E-state index is 13.3. The fourth-order valence-corrected chi connectivity index (χ4v) is 5.59. The van der Waals surface area contributed by atoms with Gasteiger partial charge in [-0.1, -0.05) is 41.9 Å². The average molecular weight is 466 g/mol. The summed E-state index contributed by atoms with van der Waals surface area (Å²) < 4.78 is 67.3. The Kier molecular flexibility index (Phi) is 5.52. The molecule has 3 aromatic rings. The Morgan fingerprint density at radius 3 is 2.48 bits per heavy atom. The van der Waals surface area contributed by atoms with Crippen molar-refractivity contribution in [1.29, 1.82) is 0 Å². The van der Waals surface area contributed by atoms with E-state index in [1.54, 1.807) is 12.1 Å². The third-order valence-corrected chi connectivity index (χ3v) is 7.71. The van der Waals surface area contributed by atoms with Crippen molar-refractivity contribution in [1.82, 2.24) is 0 Å². The Bertz CT molecular complexity index is 1260. The number of benzene rings is 3. The Labute approximate surface area is 184 Å². The van der Waals surface area contributed by atoms with Crippen molar-refractivity contribution in [3.63, 3.8) is 0 Å². The van der Waals surface area contributed by atoms with Crippen LogP contribution in [0, 0.1) is 6.92 Å². The second-order valence-corrected chi connectivity index (χ2v) is 9.73. The fraction of sp³-hybridized carbons (Fsp3) is 0.217. The van der Waals surface area contributed by atoms with Gasteiger partial charge in [-0.15, -0.1) is 0 Å². The van der Waals surface area contributed by atoms with Crippen LogP contribution in [-0.2, 0) is 22.6 Å². The summed E-state index contributed by atoms with van der Waals surface area (Å²) in [7, 11) is -4.17. The van der Waals surface area contributed by atoms with Crippen LogP contribution in [0.25, 0.3) is 11.1 Å². The molecule has 4 rings (SSSR count). The number of aryl methyl sites for hydroxylation is 1. The molecule has 0 amide bonds. The van der Waals surface area contributed by atoms with Crippen LogP contribution < -0.4 is 4.31 Å². The zero-order valence-electron chi connectivity index (χ0n) is 16.6. The van der Waals surface area contributed by atoms with Crippen LogP contribution >= 0.6 is 11.6 Å². The first kappa shape index (κ1) is 21.7. The minimum atomic E-state index is -4.62. The van der Waals surface area contributed by atoms with Crippen molar-refractivity contribution in [2.75, 3.05) is 10.8 Å². The number of anilines is 1. The molecule has 0 N–H and O–H groups in total. The monoisotopic (exact) mass is 465 g/mol. The third kappa shape index (κ3) is 4.04. The van der Waals surface area contributed by atoms with Crippen LogP contribution in [0.4, 0.5) is 18.9 Å². The molecule has 1 aliphatic heterocycles. The molecule has 3 aromatic carbocycles. The van der Waals surface area contributed by atoms with Gasteiger partial charge in [0.05, 0.1) is 16.1 Å². The first-order valence-electron chi connectivity index (χ1n) is 9.67. The number of halogens is 4. The number of fused-ring (bicyclic) bond motifs is 1. The lowest BCUT2D eigenvalue weighted by molar-refractivity contribution is -0.137. The van der Waals surface area contributed by atoms with Gasteiger partial charge < -0.3 is 0 Å². The van der Waals surface area contributed by atoms with Crippen LogP contribution in [0.5, 0.6) is 0 Å². The van der Waals surface area contributed by atoms with Crippen molar-refractivity contribution in [3.8, 4) is 11.1 Å². The lowest BCUT2D eigenvalue weighted by atomic mass is 9.95. The highest BCUT2D eigenvalue weighted by Gasteiger charge is 2.34. The van der Waals surface area contributed by atoms with Gasteiger partial charge in [0.2, 0.25) is 0 Å². The molecule has 0 bridgehead atoms. The van der Waals surface area contributed by atoms with Crippen LogP contribution in [0.2, 0.25) is 5.02 Å². The predicted octanol–water partition coefficient (Wildman–Crippen LogP) is 6.48. The molecule has 0 radical (unpaired) electrons. The Morgan fingerprint density at radius 2 is 1.74 bits per heavy atom. The quantitative estimate of drug-likeness (QED) is 0.444. The highest BCUT2D eigenvalue weighted by atomic mass is 35.5. The van der Waals surface area contributed by atoms with E-state index in [4.69, 9.17) is 11.6 Å². The third-order valence-electron chi connectivity index (χ3n) is 5.49. The smallest absolute Gasteiger partial charge is 0.266 e. The minimum Gasteiger partial charge on any atom is -0.266 e. The average Bonchev–Trinajstić information content (AvgIpc) is 2.74.